The van der Waals surface area contributed by atoms with Crippen LogP contribution in [0.1, 0.15) is 27.0 Å². The molecule has 5 rings (SSSR count). The van der Waals surface area contributed by atoms with E-state index in [1.54, 1.807) is 23.1 Å². The zero-order valence-electron chi connectivity index (χ0n) is 21.7. The number of hydrogen-bond donors (Lipinski definition) is 1. The molecule has 1 aliphatic rings. The van der Waals surface area contributed by atoms with E-state index in [4.69, 9.17) is 9.47 Å². The number of aromatic nitrogens is 2. The standard InChI is InChI=1S/C30H30N4O4/c1-20-7-10-25(11-8-20)34-30(36)28(27(19-31-34)38-26-12-9-21(2)22(3)17-26)32-24-6-4-5-23(18-24)29(35)33-13-15-37-16-14-33/h4-12,17-19,32H,13-16H2,1-3H3. The third-order valence-corrected chi connectivity index (χ3v) is 6.60. The van der Waals surface area contributed by atoms with Crippen molar-refractivity contribution in [3.8, 4) is 17.2 Å². The van der Waals surface area contributed by atoms with Crippen LogP contribution in [0.25, 0.3) is 5.69 Å². The summed E-state index contributed by atoms with van der Waals surface area (Å²) in [5.74, 6) is 0.809. The second kappa shape index (κ2) is 10.9. The van der Waals surface area contributed by atoms with Crippen molar-refractivity contribution < 1.29 is 14.3 Å². The summed E-state index contributed by atoms with van der Waals surface area (Å²) in [4.78, 5) is 28.5. The highest BCUT2D eigenvalue weighted by atomic mass is 16.5. The number of nitrogens with zero attached hydrogens (tertiary/aromatic N) is 3. The van der Waals surface area contributed by atoms with E-state index in [1.807, 2.05) is 69.3 Å². The van der Waals surface area contributed by atoms with Gasteiger partial charge in [0.25, 0.3) is 11.5 Å². The van der Waals surface area contributed by atoms with Crippen LogP contribution >= 0.6 is 0 Å². The lowest BCUT2D eigenvalue weighted by atomic mass is 10.1. The fourth-order valence-electron chi connectivity index (χ4n) is 4.23. The summed E-state index contributed by atoms with van der Waals surface area (Å²) in [7, 11) is 0. The molecule has 1 fully saturated rings. The van der Waals surface area contributed by atoms with Gasteiger partial charge in [0, 0.05) is 24.3 Å². The van der Waals surface area contributed by atoms with Crippen molar-refractivity contribution in [1.82, 2.24) is 14.7 Å². The molecule has 0 unspecified atom stereocenters. The van der Waals surface area contributed by atoms with E-state index in [2.05, 4.69) is 10.4 Å². The van der Waals surface area contributed by atoms with Crippen molar-refractivity contribution in [1.29, 1.82) is 0 Å². The van der Waals surface area contributed by atoms with Crippen LogP contribution in [-0.4, -0.2) is 46.9 Å². The first-order valence-corrected chi connectivity index (χ1v) is 12.6. The van der Waals surface area contributed by atoms with Gasteiger partial charge in [-0.05, 0) is 74.4 Å². The van der Waals surface area contributed by atoms with E-state index in [9.17, 15) is 9.59 Å². The minimum absolute atomic E-state index is 0.0738. The molecule has 0 radical (unpaired) electrons. The van der Waals surface area contributed by atoms with Gasteiger partial charge in [0.05, 0.1) is 25.1 Å². The highest BCUT2D eigenvalue weighted by Crippen LogP contribution is 2.30. The number of ether oxygens (including phenoxy) is 2. The summed E-state index contributed by atoms with van der Waals surface area (Å²) in [6, 6.07) is 20.4. The molecular weight excluding hydrogens is 480 g/mol. The van der Waals surface area contributed by atoms with Gasteiger partial charge in [-0.1, -0.05) is 29.8 Å². The van der Waals surface area contributed by atoms with Crippen molar-refractivity contribution in [3.63, 3.8) is 0 Å². The van der Waals surface area contributed by atoms with Crippen LogP contribution in [-0.2, 0) is 4.74 Å². The van der Waals surface area contributed by atoms with Gasteiger partial charge in [-0.25, -0.2) is 0 Å². The van der Waals surface area contributed by atoms with Gasteiger partial charge in [0.15, 0.2) is 11.4 Å². The summed E-state index contributed by atoms with van der Waals surface area (Å²) < 4.78 is 12.9. The van der Waals surface area contributed by atoms with Gasteiger partial charge in [0.2, 0.25) is 0 Å². The Morgan fingerprint density at radius 2 is 1.71 bits per heavy atom. The van der Waals surface area contributed by atoms with Crippen LogP contribution in [0, 0.1) is 20.8 Å². The maximum absolute atomic E-state index is 13.7. The predicted molar refractivity (Wildman–Crippen MR) is 147 cm³/mol. The highest BCUT2D eigenvalue weighted by molar-refractivity contribution is 5.95. The molecule has 0 atom stereocenters. The summed E-state index contributed by atoms with van der Waals surface area (Å²) >= 11 is 0. The van der Waals surface area contributed by atoms with Crippen LogP contribution in [0.2, 0.25) is 0 Å². The second-order valence-electron chi connectivity index (χ2n) is 9.39. The minimum atomic E-state index is -0.375. The zero-order valence-corrected chi connectivity index (χ0v) is 21.7. The van der Waals surface area contributed by atoms with Gasteiger partial charge >= 0.3 is 0 Å². The van der Waals surface area contributed by atoms with Crippen LogP contribution in [0.15, 0.2) is 77.7 Å². The summed E-state index contributed by atoms with van der Waals surface area (Å²) in [6.07, 6.45) is 1.53. The van der Waals surface area contributed by atoms with Gasteiger partial charge in [-0.2, -0.15) is 9.78 Å². The fourth-order valence-corrected chi connectivity index (χ4v) is 4.23. The van der Waals surface area contributed by atoms with E-state index < -0.39 is 0 Å². The third kappa shape index (κ3) is 5.45. The van der Waals surface area contributed by atoms with Crippen LogP contribution < -0.4 is 15.6 Å². The Morgan fingerprint density at radius 1 is 0.947 bits per heavy atom. The minimum Gasteiger partial charge on any atom is -0.453 e. The van der Waals surface area contributed by atoms with Crippen molar-refractivity contribution in [2.24, 2.45) is 0 Å². The third-order valence-electron chi connectivity index (χ3n) is 6.60. The quantitative estimate of drug-likeness (QED) is 0.385. The number of benzene rings is 3. The molecule has 38 heavy (non-hydrogen) atoms. The topological polar surface area (TPSA) is 85.7 Å². The first-order valence-electron chi connectivity index (χ1n) is 12.6. The Bertz CT molecular complexity index is 1520. The molecule has 8 nitrogen and oxygen atoms in total. The smallest absolute Gasteiger partial charge is 0.299 e. The van der Waals surface area contributed by atoms with Crippen molar-refractivity contribution in [2.45, 2.75) is 20.8 Å². The van der Waals surface area contributed by atoms with E-state index in [0.717, 1.165) is 16.7 Å². The van der Waals surface area contributed by atoms with Gasteiger partial charge < -0.3 is 19.7 Å². The molecule has 3 aromatic carbocycles. The van der Waals surface area contributed by atoms with E-state index >= 15 is 0 Å². The molecule has 2 heterocycles. The number of carbonyl (C=O) groups is 1. The van der Waals surface area contributed by atoms with Crippen LogP contribution in [0.4, 0.5) is 11.4 Å². The molecule has 0 aliphatic carbocycles. The van der Waals surface area contributed by atoms with Gasteiger partial charge in [0.1, 0.15) is 5.75 Å². The Hall–Kier alpha value is -4.43. The monoisotopic (exact) mass is 510 g/mol. The van der Waals surface area contributed by atoms with Crippen LogP contribution in [0.5, 0.6) is 11.5 Å². The van der Waals surface area contributed by atoms with E-state index in [-0.39, 0.29) is 22.9 Å². The van der Waals surface area contributed by atoms with E-state index in [1.165, 1.54) is 10.9 Å². The zero-order chi connectivity index (χ0) is 26.6. The van der Waals surface area contributed by atoms with Crippen molar-refractivity contribution in [2.75, 3.05) is 31.6 Å². The maximum Gasteiger partial charge on any atom is 0.299 e. The van der Waals surface area contributed by atoms with Gasteiger partial charge in [-0.15, -0.1) is 0 Å². The molecule has 0 spiro atoms. The lowest BCUT2D eigenvalue weighted by Gasteiger charge is -2.27. The van der Waals surface area contributed by atoms with E-state index in [0.29, 0.717) is 49.0 Å². The molecule has 1 N–H and O–H groups in total. The summed E-state index contributed by atoms with van der Waals surface area (Å²) in [6.45, 7) is 8.18. The maximum atomic E-state index is 13.7. The first kappa shape index (κ1) is 25.2. The Kier molecular flexibility index (Phi) is 7.24. The summed E-state index contributed by atoms with van der Waals surface area (Å²) in [5.41, 5.74) is 4.90. The molecular formula is C30H30N4O4. The van der Waals surface area contributed by atoms with Crippen molar-refractivity contribution in [3.05, 3.63) is 106 Å². The summed E-state index contributed by atoms with van der Waals surface area (Å²) in [5, 5.41) is 7.60. The lowest BCUT2D eigenvalue weighted by molar-refractivity contribution is 0.0303. The molecule has 0 bridgehead atoms. The largest absolute Gasteiger partial charge is 0.453 e. The number of morpholine rings is 1. The number of rotatable bonds is 6. The fraction of sp³-hybridized carbons (Fsp3) is 0.233. The van der Waals surface area contributed by atoms with Crippen LogP contribution in [0.3, 0.4) is 0 Å². The lowest BCUT2D eigenvalue weighted by Crippen LogP contribution is -2.40. The van der Waals surface area contributed by atoms with Gasteiger partial charge in [-0.3, -0.25) is 9.59 Å². The molecule has 1 amide bonds. The molecule has 4 aromatic rings. The Labute approximate surface area is 221 Å². The average Bonchev–Trinajstić information content (AvgIpc) is 2.94. The number of aryl methyl sites for hydroxylation is 3. The molecule has 1 aliphatic heterocycles. The number of carbonyl (C=O) groups excluding carboxylic acids is 1. The SMILES string of the molecule is Cc1ccc(-n2ncc(Oc3ccc(C)c(C)c3)c(Nc3cccc(C(=O)N4CCOCC4)c3)c2=O)cc1. The predicted octanol–water partition coefficient (Wildman–Crippen LogP) is 5.17. The Balaban J connectivity index is 1.52. The number of nitrogens with one attached hydrogen (secondary N) is 1. The first-order chi connectivity index (χ1) is 18.4. The number of anilines is 2. The number of hydrogen-bond acceptors (Lipinski definition) is 6. The Morgan fingerprint density at radius 3 is 2.45 bits per heavy atom. The molecule has 1 aromatic heterocycles. The number of amides is 1. The average molecular weight is 511 g/mol. The molecule has 194 valence electrons. The molecule has 8 heteroatoms. The highest BCUT2D eigenvalue weighted by Gasteiger charge is 2.20. The molecule has 0 saturated carbocycles. The second-order valence-corrected chi connectivity index (χ2v) is 9.39. The normalized spacial score (nSPS) is 13.3. The molecule has 1 saturated heterocycles. The van der Waals surface area contributed by atoms with Crippen molar-refractivity contribution >= 4 is 17.3 Å².